The minimum absolute atomic E-state index is 0.651. The number of hydrogen-bond donors (Lipinski definition) is 1. The molecule has 2 rings (SSSR count). The molecule has 1 unspecified atom stereocenters. The molecule has 0 radical (unpaired) electrons. The van der Waals surface area contributed by atoms with E-state index in [0.717, 1.165) is 36.3 Å². The van der Waals surface area contributed by atoms with E-state index in [1.807, 2.05) is 31.2 Å². The Kier molecular flexibility index (Phi) is 4.20. The predicted octanol–water partition coefficient (Wildman–Crippen LogP) is 1.99. The molecule has 1 N–H and O–H groups in total. The molecule has 1 aliphatic rings. The van der Waals surface area contributed by atoms with Gasteiger partial charge in [-0.05, 0) is 24.6 Å². The first kappa shape index (κ1) is 13.0. The molecule has 0 spiro atoms. The lowest BCUT2D eigenvalue weighted by Crippen LogP contribution is -2.44. The number of aliphatic hydroxyl groups is 1. The second kappa shape index (κ2) is 5.48. The quantitative estimate of drug-likeness (QED) is 0.926. The lowest BCUT2D eigenvalue weighted by Gasteiger charge is -2.34. The van der Waals surface area contributed by atoms with Crippen LogP contribution in [0.2, 0.25) is 0 Å². The molecule has 0 saturated carbocycles. The summed E-state index contributed by atoms with van der Waals surface area (Å²) < 4.78 is 6.34. The summed E-state index contributed by atoms with van der Waals surface area (Å²) in [6.45, 7) is 5.83. The molecular weight excluding hydrogens is 282 g/mol. The highest BCUT2D eigenvalue weighted by molar-refractivity contribution is 9.10. The van der Waals surface area contributed by atoms with Crippen LogP contribution in [0.3, 0.4) is 0 Å². The Morgan fingerprint density at radius 2 is 1.88 bits per heavy atom. The van der Waals surface area contributed by atoms with E-state index in [1.54, 1.807) is 0 Å². The van der Waals surface area contributed by atoms with Crippen molar-refractivity contribution in [1.29, 1.82) is 0 Å². The zero-order chi connectivity index (χ0) is 12.3. The van der Waals surface area contributed by atoms with Crippen molar-refractivity contribution in [2.75, 3.05) is 32.8 Å². The Hall–Kier alpha value is -0.420. The third-order valence-corrected chi connectivity index (χ3v) is 3.63. The number of hydrogen-bond acceptors (Lipinski definition) is 3. The van der Waals surface area contributed by atoms with Gasteiger partial charge >= 0.3 is 0 Å². The van der Waals surface area contributed by atoms with E-state index in [4.69, 9.17) is 4.74 Å². The topological polar surface area (TPSA) is 32.7 Å². The fraction of sp³-hybridized carbons (Fsp3) is 0.538. The minimum atomic E-state index is -0.808. The number of ether oxygens (including phenoxy) is 1. The van der Waals surface area contributed by atoms with Crippen molar-refractivity contribution in [1.82, 2.24) is 4.90 Å². The van der Waals surface area contributed by atoms with Gasteiger partial charge in [-0.3, -0.25) is 4.90 Å². The number of rotatable bonds is 3. The molecule has 1 aliphatic heterocycles. The van der Waals surface area contributed by atoms with E-state index in [9.17, 15) is 5.11 Å². The lowest BCUT2D eigenvalue weighted by molar-refractivity contribution is -0.0254. The molecule has 1 fully saturated rings. The predicted molar refractivity (Wildman–Crippen MR) is 71.0 cm³/mol. The first-order valence-electron chi connectivity index (χ1n) is 5.86. The molecule has 0 amide bonds. The summed E-state index contributed by atoms with van der Waals surface area (Å²) in [4.78, 5) is 2.24. The SMILES string of the molecule is CC(O)(CN1CCOCC1)c1ccc(Br)cc1. The first-order valence-corrected chi connectivity index (χ1v) is 6.66. The molecule has 94 valence electrons. The van der Waals surface area contributed by atoms with Crippen LogP contribution in [0.4, 0.5) is 0 Å². The fourth-order valence-electron chi connectivity index (χ4n) is 2.09. The summed E-state index contributed by atoms with van der Waals surface area (Å²) in [5.41, 5.74) is 0.144. The van der Waals surface area contributed by atoms with Gasteiger partial charge in [0.25, 0.3) is 0 Å². The third kappa shape index (κ3) is 3.52. The third-order valence-electron chi connectivity index (χ3n) is 3.10. The van der Waals surface area contributed by atoms with Crippen LogP contribution in [-0.4, -0.2) is 42.9 Å². The summed E-state index contributed by atoms with van der Waals surface area (Å²) in [6, 6.07) is 7.85. The molecule has 1 aromatic rings. The van der Waals surface area contributed by atoms with Gasteiger partial charge in [-0.2, -0.15) is 0 Å². The maximum absolute atomic E-state index is 10.5. The summed E-state index contributed by atoms with van der Waals surface area (Å²) in [7, 11) is 0. The van der Waals surface area contributed by atoms with Crippen LogP contribution >= 0.6 is 15.9 Å². The summed E-state index contributed by atoms with van der Waals surface area (Å²) in [5, 5.41) is 10.5. The maximum atomic E-state index is 10.5. The Balaban J connectivity index is 2.04. The molecule has 0 aliphatic carbocycles. The average molecular weight is 300 g/mol. The van der Waals surface area contributed by atoms with Crippen molar-refractivity contribution in [3.63, 3.8) is 0 Å². The zero-order valence-corrected chi connectivity index (χ0v) is 11.6. The number of halogens is 1. The normalized spacial score (nSPS) is 21.1. The molecule has 1 saturated heterocycles. The van der Waals surface area contributed by atoms with Gasteiger partial charge in [0.05, 0.1) is 18.8 Å². The van der Waals surface area contributed by atoms with Gasteiger partial charge in [0.2, 0.25) is 0 Å². The minimum Gasteiger partial charge on any atom is -0.384 e. The highest BCUT2D eigenvalue weighted by atomic mass is 79.9. The van der Waals surface area contributed by atoms with E-state index in [-0.39, 0.29) is 0 Å². The molecule has 1 heterocycles. The number of nitrogens with zero attached hydrogens (tertiary/aromatic N) is 1. The molecule has 3 nitrogen and oxygen atoms in total. The van der Waals surface area contributed by atoms with Gasteiger partial charge in [-0.1, -0.05) is 28.1 Å². The monoisotopic (exact) mass is 299 g/mol. The number of morpholine rings is 1. The van der Waals surface area contributed by atoms with E-state index in [0.29, 0.717) is 6.54 Å². The van der Waals surface area contributed by atoms with E-state index in [2.05, 4.69) is 20.8 Å². The van der Waals surface area contributed by atoms with Crippen molar-refractivity contribution in [3.05, 3.63) is 34.3 Å². The van der Waals surface area contributed by atoms with Crippen LogP contribution < -0.4 is 0 Å². The van der Waals surface area contributed by atoms with Gasteiger partial charge in [-0.25, -0.2) is 0 Å². The molecule has 4 heteroatoms. The molecule has 1 atom stereocenters. The highest BCUT2D eigenvalue weighted by Crippen LogP contribution is 2.24. The average Bonchev–Trinajstić information content (AvgIpc) is 2.30. The number of benzene rings is 1. The van der Waals surface area contributed by atoms with Gasteiger partial charge < -0.3 is 9.84 Å². The zero-order valence-electron chi connectivity index (χ0n) is 10.0. The first-order chi connectivity index (χ1) is 8.08. The Labute approximate surface area is 111 Å². The smallest absolute Gasteiger partial charge is 0.0994 e. The van der Waals surface area contributed by atoms with Gasteiger partial charge in [0, 0.05) is 24.1 Å². The fourth-order valence-corrected chi connectivity index (χ4v) is 2.36. The van der Waals surface area contributed by atoms with Crippen LogP contribution in [0.5, 0.6) is 0 Å². The highest BCUT2D eigenvalue weighted by Gasteiger charge is 2.26. The van der Waals surface area contributed by atoms with Crippen molar-refractivity contribution in [3.8, 4) is 0 Å². The molecule has 0 aromatic heterocycles. The lowest BCUT2D eigenvalue weighted by atomic mass is 9.95. The van der Waals surface area contributed by atoms with Crippen LogP contribution in [0.15, 0.2) is 28.7 Å². The van der Waals surface area contributed by atoms with Gasteiger partial charge in [-0.15, -0.1) is 0 Å². The Morgan fingerprint density at radius 3 is 2.47 bits per heavy atom. The second-order valence-corrected chi connectivity index (χ2v) is 5.58. The summed E-state index contributed by atoms with van der Waals surface area (Å²) >= 11 is 3.40. The molecule has 1 aromatic carbocycles. The van der Waals surface area contributed by atoms with Crippen molar-refractivity contribution in [2.45, 2.75) is 12.5 Å². The van der Waals surface area contributed by atoms with E-state index in [1.165, 1.54) is 0 Å². The standard InChI is InChI=1S/C13H18BrNO2/c1-13(16,10-15-6-8-17-9-7-15)11-2-4-12(14)5-3-11/h2-5,16H,6-10H2,1H3. The van der Waals surface area contributed by atoms with E-state index < -0.39 is 5.60 Å². The van der Waals surface area contributed by atoms with Gasteiger partial charge in [0.15, 0.2) is 0 Å². The van der Waals surface area contributed by atoms with Crippen LogP contribution in [0.1, 0.15) is 12.5 Å². The Bertz CT molecular complexity index is 358. The van der Waals surface area contributed by atoms with Crippen molar-refractivity contribution in [2.24, 2.45) is 0 Å². The molecular formula is C13H18BrNO2. The van der Waals surface area contributed by atoms with Gasteiger partial charge in [0.1, 0.15) is 0 Å². The second-order valence-electron chi connectivity index (χ2n) is 4.67. The van der Waals surface area contributed by atoms with Crippen molar-refractivity contribution >= 4 is 15.9 Å². The summed E-state index contributed by atoms with van der Waals surface area (Å²) in [6.07, 6.45) is 0. The molecule has 17 heavy (non-hydrogen) atoms. The Morgan fingerprint density at radius 1 is 1.29 bits per heavy atom. The number of β-amino-alcohol motifs (C(OH)–C–C–N with tert-alkyl or cyclic N) is 1. The summed E-state index contributed by atoms with van der Waals surface area (Å²) in [5.74, 6) is 0. The molecule has 0 bridgehead atoms. The largest absolute Gasteiger partial charge is 0.384 e. The van der Waals surface area contributed by atoms with Crippen molar-refractivity contribution < 1.29 is 9.84 Å². The maximum Gasteiger partial charge on any atom is 0.0994 e. The van der Waals surface area contributed by atoms with Crippen LogP contribution in [0, 0.1) is 0 Å². The van der Waals surface area contributed by atoms with E-state index >= 15 is 0 Å². The van der Waals surface area contributed by atoms with Crippen LogP contribution in [0.25, 0.3) is 0 Å². The van der Waals surface area contributed by atoms with Crippen LogP contribution in [-0.2, 0) is 10.3 Å².